The third-order valence-corrected chi connectivity index (χ3v) is 8.09. The first-order chi connectivity index (χ1) is 17.6. The molecule has 1 aliphatic heterocycles. The third-order valence-electron chi connectivity index (χ3n) is 7.76. The molecule has 1 saturated carbocycles. The van der Waals surface area contributed by atoms with Gasteiger partial charge in [0.2, 0.25) is 0 Å². The van der Waals surface area contributed by atoms with Gasteiger partial charge in [0, 0.05) is 37.5 Å². The van der Waals surface area contributed by atoms with Crippen LogP contribution in [0.25, 0.3) is 22.6 Å². The predicted molar refractivity (Wildman–Crippen MR) is 145 cm³/mol. The number of aromatic amines is 1. The molecule has 0 bridgehead atoms. The molecule has 0 spiro atoms. The van der Waals surface area contributed by atoms with Crippen LogP contribution in [0.15, 0.2) is 72.9 Å². The lowest BCUT2D eigenvalue weighted by Gasteiger charge is -2.38. The van der Waals surface area contributed by atoms with Crippen molar-refractivity contribution in [3.63, 3.8) is 0 Å². The number of H-pyrrole nitrogens is 1. The number of fused-ring (bicyclic) bond motifs is 1. The minimum Gasteiger partial charge on any atom is -0.338 e. The average Bonchev–Trinajstić information content (AvgIpc) is 3.41. The van der Waals surface area contributed by atoms with E-state index in [1.807, 2.05) is 30.5 Å². The molecule has 0 amide bonds. The van der Waals surface area contributed by atoms with Crippen molar-refractivity contribution in [3.8, 4) is 22.6 Å². The van der Waals surface area contributed by atoms with Gasteiger partial charge in [-0.1, -0.05) is 66.2 Å². The van der Waals surface area contributed by atoms with Crippen LogP contribution in [-0.4, -0.2) is 33.2 Å². The number of imidazole rings is 1. The fourth-order valence-corrected chi connectivity index (χ4v) is 5.99. The Morgan fingerprint density at radius 2 is 1.81 bits per heavy atom. The van der Waals surface area contributed by atoms with Gasteiger partial charge >= 0.3 is 0 Å². The predicted octanol–water partition coefficient (Wildman–Crippen LogP) is 6.86. The number of ketones is 1. The minimum absolute atomic E-state index is 0.430. The molecule has 1 fully saturated rings. The van der Waals surface area contributed by atoms with Gasteiger partial charge in [0.1, 0.15) is 11.6 Å². The van der Waals surface area contributed by atoms with Crippen LogP contribution in [0, 0.1) is 0 Å². The molecule has 0 unspecified atom stereocenters. The zero-order valence-electron chi connectivity index (χ0n) is 20.3. The van der Waals surface area contributed by atoms with Gasteiger partial charge in [-0.2, -0.15) is 0 Å². The number of hydrogen-bond donors (Lipinski definition) is 1. The highest BCUT2D eigenvalue weighted by atomic mass is 35.5. The molecule has 0 atom stereocenters. The van der Waals surface area contributed by atoms with E-state index in [0.29, 0.717) is 16.8 Å². The molecule has 0 saturated heterocycles. The van der Waals surface area contributed by atoms with Crippen LogP contribution in [0.5, 0.6) is 0 Å². The van der Waals surface area contributed by atoms with Crippen LogP contribution in [0.2, 0.25) is 5.02 Å². The maximum absolute atomic E-state index is 11.7. The van der Waals surface area contributed by atoms with Gasteiger partial charge in [-0.15, -0.1) is 0 Å². The number of Topliss-reactive ketones (excluding diaryl/α,β-unsaturated/α-hetero) is 1. The van der Waals surface area contributed by atoms with Crippen molar-refractivity contribution < 1.29 is 4.79 Å². The van der Waals surface area contributed by atoms with Crippen molar-refractivity contribution in [2.45, 2.75) is 51.1 Å². The molecule has 36 heavy (non-hydrogen) atoms. The summed E-state index contributed by atoms with van der Waals surface area (Å²) >= 11 is 6.62. The molecule has 1 N–H and O–H groups in total. The maximum atomic E-state index is 11.7. The Morgan fingerprint density at radius 1 is 0.972 bits per heavy atom. The largest absolute Gasteiger partial charge is 0.338 e. The zero-order valence-corrected chi connectivity index (χ0v) is 21.1. The van der Waals surface area contributed by atoms with Gasteiger partial charge in [-0.25, -0.2) is 4.98 Å². The van der Waals surface area contributed by atoms with E-state index in [1.54, 1.807) is 0 Å². The Bertz CT molecular complexity index is 1380. The first-order valence-corrected chi connectivity index (χ1v) is 13.3. The van der Waals surface area contributed by atoms with E-state index in [0.717, 1.165) is 74.3 Å². The summed E-state index contributed by atoms with van der Waals surface area (Å²) in [6.07, 6.45) is 7.33. The van der Waals surface area contributed by atoms with E-state index in [2.05, 4.69) is 57.3 Å². The van der Waals surface area contributed by atoms with Crippen molar-refractivity contribution in [2.75, 3.05) is 6.54 Å². The second-order valence-electron chi connectivity index (χ2n) is 10.0. The molecule has 1 aliphatic carbocycles. The molecule has 6 rings (SSSR count). The smallest absolute Gasteiger partial charge is 0.139 e. The van der Waals surface area contributed by atoms with Crippen LogP contribution >= 0.6 is 11.6 Å². The molecular formula is C31H30ClN3O. The van der Waals surface area contributed by atoms with Crippen LogP contribution in [-0.2, 0) is 24.2 Å². The van der Waals surface area contributed by atoms with Gasteiger partial charge in [-0.3, -0.25) is 9.69 Å². The van der Waals surface area contributed by atoms with Crippen molar-refractivity contribution in [1.82, 2.24) is 14.9 Å². The summed E-state index contributed by atoms with van der Waals surface area (Å²) < 4.78 is 0. The topological polar surface area (TPSA) is 49.0 Å². The lowest BCUT2D eigenvalue weighted by Crippen LogP contribution is -2.41. The second kappa shape index (κ2) is 10.0. The van der Waals surface area contributed by atoms with Crippen LogP contribution < -0.4 is 0 Å². The Balaban J connectivity index is 1.22. The lowest BCUT2D eigenvalue weighted by atomic mass is 9.87. The SMILES string of the molecule is O=C1CCC(N2CCc3c(Cc4ccc(Cl)c(-c5ncc(-c6ccccc6)[nH]5)c4)cccc3C2)CC1. The fourth-order valence-electron chi connectivity index (χ4n) is 5.78. The minimum atomic E-state index is 0.430. The summed E-state index contributed by atoms with van der Waals surface area (Å²) in [5, 5.41) is 0.699. The number of nitrogens with zero attached hydrogens (tertiary/aromatic N) is 2. The Labute approximate surface area is 217 Å². The molecular weight excluding hydrogens is 466 g/mol. The zero-order chi connectivity index (χ0) is 24.5. The summed E-state index contributed by atoms with van der Waals surface area (Å²) in [6, 6.07) is 23.8. The van der Waals surface area contributed by atoms with Crippen molar-refractivity contribution in [2.24, 2.45) is 0 Å². The van der Waals surface area contributed by atoms with Crippen LogP contribution in [0.1, 0.15) is 47.9 Å². The highest BCUT2D eigenvalue weighted by Crippen LogP contribution is 2.32. The molecule has 2 heterocycles. The van der Waals surface area contributed by atoms with E-state index < -0.39 is 0 Å². The van der Waals surface area contributed by atoms with Crippen LogP contribution in [0.3, 0.4) is 0 Å². The molecule has 4 nitrogen and oxygen atoms in total. The highest BCUT2D eigenvalue weighted by Gasteiger charge is 2.28. The quantitative estimate of drug-likeness (QED) is 0.329. The van der Waals surface area contributed by atoms with Gasteiger partial charge in [0.25, 0.3) is 0 Å². The second-order valence-corrected chi connectivity index (χ2v) is 10.5. The van der Waals surface area contributed by atoms with Gasteiger partial charge in [0.15, 0.2) is 0 Å². The number of hydrogen-bond acceptors (Lipinski definition) is 3. The van der Waals surface area contributed by atoms with Crippen molar-refractivity contribution in [1.29, 1.82) is 0 Å². The van der Waals surface area contributed by atoms with Crippen LogP contribution in [0.4, 0.5) is 0 Å². The number of carbonyl (C=O) groups excluding carboxylic acids is 1. The highest BCUT2D eigenvalue weighted by molar-refractivity contribution is 6.33. The molecule has 4 aromatic rings. The summed E-state index contributed by atoms with van der Waals surface area (Å²) in [4.78, 5) is 22.4. The third kappa shape index (κ3) is 4.76. The molecule has 182 valence electrons. The molecule has 5 heteroatoms. The molecule has 0 radical (unpaired) electrons. The average molecular weight is 496 g/mol. The van der Waals surface area contributed by atoms with Gasteiger partial charge in [-0.05, 0) is 65.6 Å². The van der Waals surface area contributed by atoms with E-state index in [4.69, 9.17) is 11.6 Å². The Morgan fingerprint density at radius 3 is 2.64 bits per heavy atom. The first-order valence-electron chi connectivity index (χ1n) is 12.9. The summed E-state index contributed by atoms with van der Waals surface area (Å²) in [5.41, 5.74) is 8.56. The normalized spacial score (nSPS) is 16.8. The summed E-state index contributed by atoms with van der Waals surface area (Å²) in [7, 11) is 0. The summed E-state index contributed by atoms with van der Waals surface area (Å²) in [5.74, 6) is 1.22. The van der Waals surface area contributed by atoms with E-state index >= 15 is 0 Å². The lowest BCUT2D eigenvalue weighted by molar-refractivity contribution is -0.121. The monoisotopic (exact) mass is 495 g/mol. The first kappa shape index (κ1) is 23.2. The maximum Gasteiger partial charge on any atom is 0.139 e. The van der Waals surface area contributed by atoms with Gasteiger partial charge in [0.05, 0.1) is 16.9 Å². The molecule has 1 aromatic heterocycles. The van der Waals surface area contributed by atoms with E-state index in [9.17, 15) is 4.79 Å². The number of halogens is 1. The number of benzene rings is 3. The van der Waals surface area contributed by atoms with Crippen molar-refractivity contribution in [3.05, 3.63) is 100 Å². The Kier molecular flexibility index (Phi) is 6.47. The fraction of sp³-hybridized carbons (Fsp3) is 0.290. The van der Waals surface area contributed by atoms with Gasteiger partial charge < -0.3 is 4.98 Å². The number of carbonyl (C=O) groups is 1. The number of aromatic nitrogens is 2. The Hall–Kier alpha value is -3.21. The number of rotatable bonds is 5. The summed E-state index contributed by atoms with van der Waals surface area (Å²) in [6.45, 7) is 2.06. The van der Waals surface area contributed by atoms with Crippen molar-refractivity contribution >= 4 is 17.4 Å². The van der Waals surface area contributed by atoms with E-state index in [1.165, 1.54) is 22.3 Å². The van der Waals surface area contributed by atoms with E-state index in [-0.39, 0.29) is 0 Å². The molecule has 3 aromatic carbocycles. The standard InChI is InChI=1S/C31H30ClN3O/c32-29-14-9-21(18-28(29)31-33-19-30(34-31)22-5-2-1-3-6-22)17-23-7-4-8-24-20-35(16-15-27(23)24)25-10-12-26(36)13-11-25/h1-9,14,18-19,25H,10-13,15-17,20H2,(H,33,34). The number of nitrogens with one attached hydrogen (secondary N) is 1. The molecule has 2 aliphatic rings.